The number of aryl methyl sites for hydroxylation is 2. The highest BCUT2D eigenvalue weighted by Crippen LogP contribution is 2.31. The molecule has 1 aliphatic rings. The Morgan fingerprint density at radius 2 is 1.56 bits per heavy atom. The van der Waals surface area contributed by atoms with Gasteiger partial charge in [-0.1, -0.05) is 36.4 Å². The summed E-state index contributed by atoms with van der Waals surface area (Å²) < 4.78 is 10.3. The van der Waals surface area contributed by atoms with Crippen LogP contribution in [-0.4, -0.2) is 30.9 Å². The second kappa shape index (κ2) is 8.62. The minimum absolute atomic E-state index is 0.784. The summed E-state index contributed by atoms with van der Waals surface area (Å²) in [6.45, 7) is 6.61. The summed E-state index contributed by atoms with van der Waals surface area (Å²) >= 11 is 0. The molecule has 0 bridgehead atoms. The number of nitrogens with zero attached hydrogens (tertiary/aromatic N) is 3. The first kappa shape index (κ1) is 20.9. The van der Waals surface area contributed by atoms with E-state index in [4.69, 9.17) is 4.74 Å². The van der Waals surface area contributed by atoms with Crippen LogP contribution in [0.1, 0.15) is 18.2 Å². The zero-order valence-corrected chi connectivity index (χ0v) is 19.9. The van der Waals surface area contributed by atoms with Crippen LogP contribution in [-0.2, 0) is 18.3 Å². The van der Waals surface area contributed by atoms with Crippen LogP contribution in [0.2, 0.25) is 0 Å². The van der Waals surface area contributed by atoms with Gasteiger partial charge in [0, 0.05) is 59.6 Å². The molecule has 3 heterocycles. The second-order valence-electron chi connectivity index (χ2n) is 9.00. The molecule has 0 saturated carbocycles. The summed E-state index contributed by atoms with van der Waals surface area (Å²) in [5, 5.41) is 3.93. The van der Waals surface area contributed by atoms with Gasteiger partial charge in [0.25, 0.3) is 0 Å². The van der Waals surface area contributed by atoms with E-state index < -0.39 is 0 Å². The molecule has 0 N–H and O–H groups in total. The van der Waals surface area contributed by atoms with E-state index in [-0.39, 0.29) is 0 Å². The van der Waals surface area contributed by atoms with Gasteiger partial charge in [0.15, 0.2) is 0 Å². The lowest BCUT2D eigenvalue weighted by atomic mass is 10.1. The van der Waals surface area contributed by atoms with Crippen molar-refractivity contribution in [2.75, 3.05) is 31.2 Å². The summed E-state index contributed by atoms with van der Waals surface area (Å²) in [6, 6.07) is 26.5. The first-order valence-corrected chi connectivity index (χ1v) is 12.2. The fourth-order valence-electron chi connectivity index (χ4n) is 5.36. The number of hydrogen-bond donors (Lipinski definition) is 0. The van der Waals surface area contributed by atoms with Crippen molar-refractivity contribution in [1.29, 1.82) is 0 Å². The van der Waals surface area contributed by atoms with Gasteiger partial charge in [-0.2, -0.15) is 4.57 Å². The molecule has 1 aliphatic heterocycles. The molecule has 4 nitrogen and oxygen atoms in total. The minimum atomic E-state index is 0.784. The Balaban J connectivity index is 1.45. The highest BCUT2D eigenvalue weighted by molar-refractivity contribution is 6.08. The van der Waals surface area contributed by atoms with E-state index in [1.165, 1.54) is 49.7 Å². The lowest BCUT2D eigenvalue weighted by Crippen LogP contribution is -2.38. The van der Waals surface area contributed by atoms with Crippen molar-refractivity contribution in [1.82, 2.24) is 4.57 Å². The minimum Gasteiger partial charge on any atom is -0.378 e. The summed E-state index contributed by atoms with van der Waals surface area (Å²) in [6.07, 6.45) is 4.49. The molecule has 0 radical (unpaired) electrons. The van der Waals surface area contributed by atoms with Crippen LogP contribution in [0.3, 0.4) is 0 Å². The van der Waals surface area contributed by atoms with Crippen LogP contribution in [0.15, 0.2) is 72.8 Å². The van der Waals surface area contributed by atoms with E-state index >= 15 is 0 Å². The van der Waals surface area contributed by atoms with Gasteiger partial charge in [-0.05, 0) is 42.8 Å². The van der Waals surface area contributed by atoms with Gasteiger partial charge in [-0.3, -0.25) is 0 Å². The standard InChI is InChI=1S/C30H30N3O/c1-3-33-28-11-7-4-8-24(28)26-20-22(13-15-29(26)33)12-14-23-21-30(32-16-18-34-19-17-32)25-9-5-6-10-27(25)31(23)2/h4-15,20-21H,3,16-19H2,1-2H3/q+1. The van der Waals surface area contributed by atoms with Crippen LogP contribution < -0.4 is 9.47 Å². The zero-order valence-electron chi connectivity index (χ0n) is 19.9. The molecule has 0 aliphatic carbocycles. The third-order valence-corrected chi connectivity index (χ3v) is 7.12. The van der Waals surface area contributed by atoms with Crippen molar-refractivity contribution < 1.29 is 9.30 Å². The molecule has 0 unspecified atom stereocenters. The van der Waals surface area contributed by atoms with Crippen molar-refractivity contribution >= 4 is 50.5 Å². The Bertz CT molecular complexity index is 1540. The fourth-order valence-corrected chi connectivity index (χ4v) is 5.36. The third kappa shape index (κ3) is 3.46. The SMILES string of the molecule is CCn1c2ccccc2c2cc(C=Cc3cc(N4CCOCC4)c4ccccc4[n+]3C)ccc21. The molecule has 3 aromatic carbocycles. The number of fused-ring (bicyclic) bond motifs is 4. The Hall–Kier alpha value is -3.63. The van der Waals surface area contributed by atoms with E-state index in [1.807, 2.05) is 0 Å². The maximum atomic E-state index is 5.61. The quantitative estimate of drug-likeness (QED) is 0.324. The van der Waals surface area contributed by atoms with Gasteiger partial charge in [0.05, 0.1) is 24.3 Å². The molecule has 0 spiro atoms. The molecular weight excluding hydrogens is 418 g/mol. The number of hydrogen-bond acceptors (Lipinski definition) is 2. The Morgan fingerprint density at radius 3 is 2.38 bits per heavy atom. The average molecular weight is 449 g/mol. The average Bonchev–Trinajstić information content (AvgIpc) is 3.22. The number of ether oxygens (including phenoxy) is 1. The number of benzene rings is 3. The number of anilines is 1. The zero-order chi connectivity index (χ0) is 23.1. The van der Waals surface area contributed by atoms with Crippen LogP contribution in [0.25, 0.3) is 44.9 Å². The number of pyridine rings is 1. The normalized spacial score (nSPS) is 14.7. The summed E-state index contributed by atoms with van der Waals surface area (Å²) in [5.41, 5.74) is 7.54. The van der Waals surface area contributed by atoms with Gasteiger partial charge < -0.3 is 14.2 Å². The van der Waals surface area contributed by atoms with Crippen LogP contribution in [0, 0.1) is 0 Å². The van der Waals surface area contributed by atoms with E-state index in [9.17, 15) is 0 Å². The maximum absolute atomic E-state index is 5.61. The summed E-state index contributed by atoms with van der Waals surface area (Å²) in [7, 11) is 2.16. The Kier molecular flexibility index (Phi) is 5.31. The number of morpholine rings is 1. The Morgan fingerprint density at radius 1 is 0.824 bits per heavy atom. The molecule has 34 heavy (non-hydrogen) atoms. The van der Waals surface area contributed by atoms with Crippen molar-refractivity contribution in [3.05, 3.63) is 84.1 Å². The first-order valence-electron chi connectivity index (χ1n) is 12.2. The first-order chi connectivity index (χ1) is 16.7. The number of aromatic nitrogens is 2. The molecular formula is C30H30N3O+. The molecule has 1 saturated heterocycles. The van der Waals surface area contributed by atoms with Crippen molar-refractivity contribution in [3.63, 3.8) is 0 Å². The van der Waals surface area contributed by atoms with Crippen molar-refractivity contribution in [2.45, 2.75) is 13.5 Å². The van der Waals surface area contributed by atoms with E-state index in [0.717, 1.165) is 32.8 Å². The molecule has 5 aromatic rings. The van der Waals surface area contributed by atoms with Gasteiger partial charge in [0.1, 0.15) is 7.05 Å². The molecule has 0 amide bonds. The lowest BCUT2D eigenvalue weighted by Gasteiger charge is -2.29. The largest absolute Gasteiger partial charge is 0.378 e. The Labute approximate surface area is 200 Å². The third-order valence-electron chi connectivity index (χ3n) is 7.12. The van der Waals surface area contributed by atoms with Gasteiger partial charge in [0.2, 0.25) is 11.2 Å². The van der Waals surface area contributed by atoms with Crippen LogP contribution in [0.4, 0.5) is 5.69 Å². The predicted molar refractivity (Wildman–Crippen MR) is 142 cm³/mol. The summed E-state index contributed by atoms with van der Waals surface area (Å²) in [5.74, 6) is 0. The molecule has 2 aromatic heterocycles. The molecule has 170 valence electrons. The molecule has 6 rings (SSSR count). The fraction of sp³-hybridized carbons (Fsp3) is 0.233. The van der Waals surface area contributed by atoms with Gasteiger partial charge in [-0.25, -0.2) is 0 Å². The van der Waals surface area contributed by atoms with E-state index in [1.54, 1.807) is 0 Å². The topological polar surface area (TPSA) is 21.3 Å². The van der Waals surface area contributed by atoms with Crippen molar-refractivity contribution in [2.24, 2.45) is 7.05 Å². The van der Waals surface area contributed by atoms with E-state index in [0.29, 0.717) is 0 Å². The highest BCUT2D eigenvalue weighted by atomic mass is 16.5. The maximum Gasteiger partial charge on any atom is 0.214 e. The number of rotatable bonds is 4. The lowest BCUT2D eigenvalue weighted by molar-refractivity contribution is -0.646. The smallest absolute Gasteiger partial charge is 0.214 e. The number of para-hydroxylation sites is 2. The monoisotopic (exact) mass is 448 g/mol. The summed E-state index contributed by atoms with van der Waals surface area (Å²) in [4.78, 5) is 2.45. The van der Waals surface area contributed by atoms with Gasteiger partial charge in [-0.15, -0.1) is 0 Å². The van der Waals surface area contributed by atoms with Gasteiger partial charge >= 0.3 is 0 Å². The molecule has 0 atom stereocenters. The van der Waals surface area contributed by atoms with Crippen LogP contribution in [0.5, 0.6) is 0 Å². The molecule has 1 fully saturated rings. The van der Waals surface area contributed by atoms with Crippen LogP contribution >= 0.6 is 0 Å². The molecule has 4 heteroatoms. The van der Waals surface area contributed by atoms with Crippen molar-refractivity contribution in [3.8, 4) is 0 Å². The predicted octanol–water partition coefficient (Wildman–Crippen LogP) is 5.80. The van der Waals surface area contributed by atoms with E-state index in [2.05, 4.69) is 113 Å². The highest BCUT2D eigenvalue weighted by Gasteiger charge is 2.20. The second-order valence-corrected chi connectivity index (χ2v) is 9.00.